The van der Waals surface area contributed by atoms with Crippen LogP contribution in [0.1, 0.15) is 34.2 Å². The van der Waals surface area contributed by atoms with Gasteiger partial charge in [-0.25, -0.2) is 4.39 Å². The number of hydrogen-bond donors (Lipinski definition) is 1. The lowest BCUT2D eigenvalue weighted by molar-refractivity contribution is 0.0732. The lowest BCUT2D eigenvalue weighted by atomic mass is 10.00. The molecule has 7 heteroatoms. The molecule has 3 heterocycles. The van der Waals surface area contributed by atoms with Gasteiger partial charge in [-0.05, 0) is 38.1 Å². The predicted octanol–water partition coefficient (Wildman–Crippen LogP) is 2.90. The number of nitrogens with zero attached hydrogens (tertiary/aromatic N) is 3. The van der Waals surface area contributed by atoms with Gasteiger partial charge >= 0.3 is 0 Å². The molecule has 6 nitrogen and oxygen atoms in total. The molecule has 0 radical (unpaired) electrons. The van der Waals surface area contributed by atoms with E-state index in [4.69, 9.17) is 0 Å². The maximum atomic E-state index is 14.2. The highest BCUT2D eigenvalue weighted by Crippen LogP contribution is 2.30. The number of halogens is 1. The Morgan fingerprint density at radius 2 is 2.04 bits per heavy atom. The van der Waals surface area contributed by atoms with Gasteiger partial charge in [-0.15, -0.1) is 0 Å². The number of nitrogens with one attached hydrogen (secondary N) is 1. The zero-order valence-electron chi connectivity index (χ0n) is 15.8. The molecule has 0 saturated carbocycles. The fraction of sp³-hybridized carbons (Fsp3) is 0.286. The number of aromatic amines is 1. The Labute approximate surface area is 161 Å². The van der Waals surface area contributed by atoms with Crippen LogP contribution >= 0.6 is 0 Å². The fourth-order valence-electron chi connectivity index (χ4n) is 3.74. The average Bonchev–Trinajstić information content (AvgIpc) is 3.11. The van der Waals surface area contributed by atoms with Crippen molar-refractivity contribution in [2.75, 3.05) is 6.54 Å². The van der Waals surface area contributed by atoms with E-state index in [2.05, 4.69) is 10.2 Å². The van der Waals surface area contributed by atoms with Crippen molar-refractivity contribution >= 4 is 5.91 Å². The SMILES string of the molecule is CCn1c(C)ccc(C(=O)N2CCc3[nH]nc(-c4ccccc4F)c3C2)c1=O. The van der Waals surface area contributed by atoms with Crippen molar-refractivity contribution in [3.05, 3.63) is 75.1 Å². The van der Waals surface area contributed by atoms with Gasteiger partial charge in [0.2, 0.25) is 0 Å². The van der Waals surface area contributed by atoms with E-state index < -0.39 is 0 Å². The van der Waals surface area contributed by atoms with Crippen molar-refractivity contribution in [2.45, 2.75) is 33.4 Å². The number of aryl methyl sites for hydroxylation is 1. The van der Waals surface area contributed by atoms with Crippen LogP contribution in [0, 0.1) is 12.7 Å². The Morgan fingerprint density at radius 1 is 1.25 bits per heavy atom. The Morgan fingerprint density at radius 3 is 2.79 bits per heavy atom. The molecule has 2 aromatic heterocycles. The van der Waals surface area contributed by atoms with Crippen molar-refractivity contribution in [3.63, 3.8) is 0 Å². The van der Waals surface area contributed by atoms with E-state index in [0.29, 0.717) is 30.8 Å². The summed E-state index contributed by atoms with van der Waals surface area (Å²) in [7, 11) is 0. The summed E-state index contributed by atoms with van der Waals surface area (Å²) in [5.74, 6) is -0.664. The zero-order valence-corrected chi connectivity index (χ0v) is 15.8. The fourth-order valence-corrected chi connectivity index (χ4v) is 3.74. The number of carbonyl (C=O) groups is 1. The highest BCUT2D eigenvalue weighted by atomic mass is 19.1. The summed E-state index contributed by atoms with van der Waals surface area (Å²) in [5, 5.41) is 7.25. The summed E-state index contributed by atoms with van der Waals surface area (Å²) in [6, 6.07) is 9.83. The molecular formula is C21H21FN4O2. The number of pyridine rings is 1. The molecule has 0 aliphatic carbocycles. The summed E-state index contributed by atoms with van der Waals surface area (Å²) >= 11 is 0. The number of aromatic nitrogens is 3. The number of H-pyrrole nitrogens is 1. The van der Waals surface area contributed by atoms with Gasteiger partial charge in [-0.3, -0.25) is 14.7 Å². The zero-order chi connectivity index (χ0) is 19.8. The first-order chi connectivity index (χ1) is 13.5. The third-order valence-electron chi connectivity index (χ3n) is 5.29. The summed E-state index contributed by atoms with van der Waals surface area (Å²) in [6.07, 6.45) is 0.580. The minimum absolute atomic E-state index is 0.159. The molecule has 1 N–H and O–H groups in total. The van der Waals surface area contributed by atoms with E-state index in [0.717, 1.165) is 17.0 Å². The minimum Gasteiger partial charge on any atom is -0.334 e. The third-order valence-corrected chi connectivity index (χ3v) is 5.29. The molecule has 0 atom stereocenters. The van der Waals surface area contributed by atoms with Crippen LogP contribution in [-0.2, 0) is 19.5 Å². The summed E-state index contributed by atoms with van der Waals surface area (Å²) < 4.78 is 15.8. The van der Waals surface area contributed by atoms with Gasteiger partial charge in [0.15, 0.2) is 0 Å². The maximum absolute atomic E-state index is 14.2. The molecule has 4 rings (SSSR count). The summed E-state index contributed by atoms with van der Waals surface area (Å²) in [4.78, 5) is 27.4. The van der Waals surface area contributed by atoms with Crippen LogP contribution in [-0.4, -0.2) is 32.1 Å². The number of fused-ring (bicyclic) bond motifs is 1. The lowest BCUT2D eigenvalue weighted by Gasteiger charge is -2.27. The van der Waals surface area contributed by atoms with Gasteiger partial charge in [0, 0.05) is 48.6 Å². The van der Waals surface area contributed by atoms with Crippen LogP contribution in [0.15, 0.2) is 41.2 Å². The van der Waals surface area contributed by atoms with Crippen LogP contribution in [0.5, 0.6) is 0 Å². The highest BCUT2D eigenvalue weighted by Gasteiger charge is 2.28. The van der Waals surface area contributed by atoms with Gasteiger partial charge in [0.05, 0.1) is 0 Å². The van der Waals surface area contributed by atoms with Gasteiger partial charge in [-0.1, -0.05) is 12.1 Å². The van der Waals surface area contributed by atoms with E-state index in [9.17, 15) is 14.0 Å². The van der Waals surface area contributed by atoms with E-state index in [1.54, 1.807) is 39.8 Å². The molecule has 28 heavy (non-hydrogen) atoms. The van der Waals surface area contributed by atoms with Crippen molar-refractivity contribution in [2.24, 2.45) is 0 Å². The molecule has 1 amide bonds. The quantitative estimate of drug-likeness (QED) is 0.760. The first-order valence-corrected chi connectivity index (χ1v) is 9.32. The summed E-state index contributed by atoms with van der Waals surface area (Å²) in [5.41, 5.74) is 3.32. The molecule has 0 fully saturated rings. The Bertz CT molecular complexity index is 1120. The van der Waals surface area contributed by atoms with Crippen LogP contribution in [0.25, 0.3) is 11.3 Å². The van der Waals surface area contributed by atoms with Crippen molar-refractivity contribution < 1.29 is 9.18 Å². The second-order valence-electron chi connectivity index (χ2n) is 6.92. The first kappa shape index (κ1) is 18.2. The van der Waals surface area contributed by atoms with E-state index in [-0.39, 0.29) is 29.4 Å². The largest absolute Gasteiger partial charge is 0.334 e. The van der Waals surface area contributed by atoms with Gasteiger partial charge < -0.3 is 9.47 Å². The third kappa shape index (κ3) is 2.93. The van der Waals surface area contributed by atoms with Gasteiger partial charge in [-0.2, -0.15) is 5.10 Å². The Hall–Kier alpha value is -3.22. The second kappa shape index (κ2) is 7.07. The summed E-state index contributed by atoms with van der Waals surface area (Å²) in [6.45, 7) is 4.99. The molecule has 1 aliphatic heterocycles. The standard InChI is InChI=1S/C21H21FN4O2/c1-3-26-13(2)8-9-15(21(26)28)20(27)25-11-10-18-16(12-25)19(24-23-18)14-6-4-5-7-17(14)22/h4-9H,3,10-12H2,1-2H3,(H,23,24). The van der Waals surface area contributed by atoms with Crippen LogP contribution in [0.2, 0.25) is 0 Å². The first-order valence-electron chi connectivity index (χ1n) is 9.32. The number of carbonyl (C=O) groups excluding carboxylic acids is 1. The van der Waals surface area contributed by atoms with E-state index >= 15 is 0 Å². The Balaban J connectivity index is 1.68. The molecule has 1 aromatic carbocycles. The number of amides is 1. The van der Waals surface area contributed by atoms with Gasteiger partial charge in [0.25, 0.3) is 11.5 Å². The highest BCUT2D eigenvalue weighted by molar-refractivity contribution is 5.94. The van der Waals surface area contributed by atoms with Crippen LogP contribution in [0.4, 0.5) is 4.39 Å². The molecule has 1 aliphatic rings. The monoisotopic (exact) mass is 380 g/mol. The van der Waals surface area contributed by atoms with E-state index in [1.807, 2.05) is 13.8 Å². The number of hydrogen-bond acceptors (Lipinski definition) is 3. The molecule has 144 valence electrons. The Kier molecular flexibility index (Phi) is 4.58. The normalized spacial score (nSPS) is 13.5. The van der Waals surface area contributed by atoms with Gasteiger partial charge in [0.1, 0.15) is 17.1 Å². The number of benzene rings is 1. The molecule has 0 bridgehead atoms. The second-order valence-corrected chi connectivity index (χ2v) is 6.92. The van der Waals surface area contributed by atoms with Crippen molar-refractivity contribution in [1.82, 2.24) is 19.7 Å². The van der Waals surface area contributed by atoms with E-state index in [1.165, 1.54) is 6.07 Å². The molecule has 0 saturated heterocycles. The van der Waals surface area contributed by atoms with Crippen LogP contribution < -0.4 is 5.56 Å². The van der Waals surface area contributed by atoms with Crippen molar-refractivity contribution in [1.29, 1.82) is 0 Å². The average molecular weight is 380 g/mol. The maximum Gasteiger partial charge on any atom is 0.263 e. The smallest absolute Gasteiger partial charge is 0.263 e. The lowest BCUT2D eigenvalue weighted by Crippen LogP contribution is -2.40. The molecule has 3 aromatic rings. The predicted molar refractivity (Wildman–Crippen MR) is 104 cm³/mol. The molecular weight excluding hydrogens is 359 g/mol. The van der Waals surface area contributed by atoms with Crippen LogP contribution in [0.3, 0.4) is 0 Å². The van der Waals surface area contributed by atoms with Crippen molar-refractivity contribution in [3.8, 4) is 11.3 Å². The minimum atomic E-state index is -0.357. The topological polar surface area (TPSA) is 71.0 Å². The molecule has 0 unspecified atom stereocenters. The molecule has 0 spiro atoms. The number of rotatable bonds is 3.